The summed E-state index contributed by atoms with van der Waals surface area (Å²) in [5.74, 6) is -0.00666. The summed E-state index contributed by atoms with van der Waals surface area (Å²) in [5.41, 5.74) is 5.86. The van der Waals surface area contributed by atoms with Gasteiger partial charge in [-0.15, -0.1) is 0 Å². The van der Waals surface area contributed by atoms with E-state index in [1.807, 2.05) is 42.5 Å². The fourth-order valence-corrected chi connectivity index (χ4v) is 3.76. The largest absolute Gasteiger partial charge is 0.387 e. The maximum absolute atomic E-state index is 11.0. The zero-order valence-corrected chi connectivity index (χ0v) is 14.6. The van der Waals surface area contributed by atoms with Gasteiger partial charge in [-0.3, -0.25) is 0 Å². The maximum atomic E-state index is 11.0. The summed E-state index contributed by atoms with van der Waals surface area (Å²) in [5, 5.41) is 11.0. The van der Waals surface area contributed by atoms with Gasteiger partial charge in [0.2, 0.25) is 0 Å². The maximum Gasteiger partial charge on any atom is 0.0890 e. The first-order valence-corrected chi connectivity index (χ1v) is 9.08. The molecule has 0 heterocycles. The van der Waals surface area contributed by atoms with Crippen LogP contribution in [0.5, 0.6) is 0 Å². The molecule has 1 aliphatic rings. The number of benzene rings is 3. The quantitative estimate of drug-likeness (QED) is 0.596. The third-order valence-corrected chi connectivity index (χ3v) is 5.01. The Bertz CT molecular complexity index is 867. The number of rotatable bonds is 4. The van der Waals surface area contributed by atoms with Gasteiger partial charge in [-0.25, -0.2) is 0 Å². The average molecular weight is 338 g/mol. The molecule has 0 bridgehead atoms. The lowest BCUT2D eigenvalue weighted by Crippen LogP contribution is -2.12. The van der Waals surface area contributed by atoms with E-state index in [0.29, 0.717) is 0 Å². The molecule has 0 amide bonds. The van der Waals surface area contributed by atoms with E-state index >= 15 is 0 Å². The molecule has 0 saturated carbocycles. The van der Waals surface area contributed by atoms with E-state index < -0.39 is 6.10 Å². The van der Waals surface area contributed by atoms with Gasteiger partial charge in [0.15, 0.2) is 0 Å². The molecule has 26 heavy (non-hydrogen) atoms. The molecule has 4 rings (SSSR count). The van der Waals surface area contributed by atoms with Crippen molar-refractivity contribution in [1.29, 1.82) is 0 Å². The smallest absolute Gasteiger partial charge is 0.0890 e. The van der Waals surface area contributed by atoms with Gasteiger partial charge in [0.25, 0.3) is 0 Å². The molecule has 0 aliphatic heterocycles. The fraction of sp³-hybridized carbons (Fsp3) is 0.120. The highest BCUT2D eigenvalue weighted by Gasteiger charge is 2.28. The summed E-state index contributed by atoms with van der Waals surface area (Å²) in [6, 6.07) is 30.9. The Balaban J connectivity index is 1.84. The molecule has 0 spiro atoms. The summed E-state index contributed by atoms with van der Waals surface area (Å²) in [7, 11) is 0. The van der Waals surface area contributed by atoms with Gasteiger partial charge in [0.05, 0.1) is 6.10 Å². The lowest BCUT2D eigenvalue weighted by atomic mass is 9.84. The Kier molecular flexibility index (Phi) is 4.81. The van der Waals surface area contributed by atoms with Crippen LogP contribution in [0.3, 0.4) is 0 Å². The molecule has 0 aromatic heterocycles. The standard InChI is InChI=1S/C25H22O/c26-25(21-15-8-3-9-16-21)23-18-10-17-22(23)24(19-11-4-1-5-12-19)20-13-6-2-7-14-20/h1-16,18,23,25-26H,17H2/t23-,25+/m0/s1. The Morgan fingerprint density at radius 2 is 1.23 bits per heavy atom. The normalized spacial score (nSPS) is 17.3. The molecule has 0 radical (unpaired) electrons. The fourth-order valence-electron chi connectivity index (χ4n) is 3.76. The zero-order chi connectivity index (χ0) is 17.8. The van der Waals surface area contributed by atoms with Gasteiger partial charge >= 0.3 is 0 Å². The second-order valence-corrected chi connectivity index (χ2v) is 6.65. The number of allylic oxidation sites excluding steroid dienone is 1. The van der Waals surface area contributed by atoms with Gasteiger partial charge in [0.1, 0.15) is 0 Å². The van der Waals surface area contributed by atoms with Crippen LogP contribution < -0.4 is 0 Å². The van der Waals surface area contributed by atoms with E-state index in [9.17, 15) is 5.11 Å². The predicted octanol–water partition coefficient (Wildman–Crippen LogP) is 5.80. The van der Waals surface area contributed by atoms with Crippen molar-refractivity contribution in [2.45, 2.75) is 12.5 Å². The van der Waals surface area contributed by atoms with E-state index in [2.05, 4.69) is 60.7 Å². The number of aliphatic hydroxyl groups is 1. The summed E-state index contributed by atoms with van der Waals surface area (Å²) in [6.45, 7) is 0. The molecule has 1 heteroatoms. The first-order chi connectivity index (χ1) is 12.8. The van der Waals surface area contributed by atoms with Crippen LogP contribution in [0, 0.1) is 5.92 Å². The molecule has 2 atom stereocenters. The van der Waals surface area contributed by atoms with E-state index in [1.165, 1.54) is 22.3 Å². The first kappa shape index (κ1) is 16.6. The molecule has 128 valence electrons. The molecule has 1 N–H and O–H groups in total. The van der Waals surface area contributed by atoms with Crippen molar-refractivity contribution in [3.63, 3.8) is 0 Å². The number of hydrogen-bond acceptors (Lipinski definition) is 1. The molecular formula is C25H22O. The summed E-state index contributed by atoms with van der Waals surface area (Å²) < 4.78 is 0. The van der Waals surface area contributed by atoms with Crippen LogP contribution >= 0.6 is 0 Å². The highest BCUT2D eigenvalue weighted by atomic mass is 16.3. The monoisotopic (exact) mass is 338 g/mol. The molecule has 3 aromatic carbocycles. The number of aliphatic hydroxyl groups excluding tert-OH is 1. The van der Waals surface area contributed by atoms with Gasteiger partial charge in [0, 0.05) is 5.92 Å². The molecular weight excluding hydrogens is 316 g/mol. The van der Waals surface area contributed by atoms with Gasteiger partial charge in [-0.2, -0.15) is 0 Å². The van der Waals surface area contributed by atoms with Gasteiger partial charge < -0.3 is 5.11 Å². The van der Waals surface area contributed by atoms with E-state index in [1.54, 1.807) is 0 Å². The minimum atomic E-state index is -0.535. The SMILES string of the molecule is O[C@H](c1ccccc1)[C@H]1C=CCC1=C(c1ccccc1)c1ccccc1. The molecule has 0 saturated heterocycles. The van der Waals surface area contributed by atoms with Crippen LogP contribution in [0.2, 0.25) is 0 Å². The van der Waals surface area contributed by atoms with Crippen molar-refractivity contribution >= 4 is 5.57 Å². The predicted molar refractivity (Wildman–Crippen MR) is 108 cm³/mol. The number of hydrogen-bond donors (Lipinski definition) is 1. The second-order valence-electron chi connectivity index (χ2n) is 6.65. The van der Waals surface area contributed by atoms with Crippen molar-refractivity contribution < 1.29 is 5.11 Å². The average Bonchev–Trinajstić information content (AvgIpc) is 3.19. The van der Waals surface area contributed by atoms with Crippen LogP contribution in [0.25, 0.3) is 5.57 Å². The second kappa shape index (κ2) is 7.55. The highest BCUT2D eigenvalue weighted by molar-refractivity contribution is 5.83. The molecule has 1 aliphatic carbocycles. The summed E-state index contributed by atoms with van der Waals surface area (Å²) in [6.07, 6.45) is 4.66. The van der Waals surface area contributed by atoms with E-state index in [0.717, 1.165) is 12.0 Å². The van der Waals surface area contributed by atoms with Crippen LogP contribution in [0.15, 0.2) is 109 Å². The van der Waals surface area contributed by atoms with E-state index in [-0.39, 0.29) is 5.92 Å². The Labute approximate surface area is 155 Å². The topological polar surface area (TPSA) is 20.2 Å². The van der Waals surface area contributed by atoms with Crippen molar-refractivity contribution in [3.05, 3.63) is 125 Å². The van der Waals surface area contributed by atoms with Gasteiger partial charge in [-0.1, -0.05) is 103 Å². The van der Waals surface area contributed by atoms with Crippen LogP contribution in [0.4, 0.5) is 0 Å². The zero-order valence-electron chi connectivity index (χ0n) is 14.6. The molecule has 3 aromatic rings. The first-order valence-electron chi connectivity index (χ1n) is 9.08. The molecule has 1 nitrogen and oxygen atoms in total. The summed E-state index contributed by atoms with van der Waals surface area (Å²) in [4.78, 5) is 0. The molecule has 0 unspecified atom stereocenters. The van der Waals surface area contributed by atoms with Crippen LogP contribution in [-0.2, 0) is 0 Å². The van der Waals surface area contributed by atoms with Crippen molar-refractivity contribution in [3.8, 4) is 0 Å². The highest BCUT2D eigenvalue weighted by Crippen LogP contribution is 2.41. The van der Waals surface area contributed by atoms with Gasteiger partial charge in [-0.05, 0) is 34.3 Å². The van der Waals surface area contributed by atoms with Crippen molar-refractivity contribution in [1.82, 2.24) is 0 Å². The third kappa shape index (κ3) is 3.26. The van der Waals surface area contributed by atoms with Crippen LogP contribution in [-0.4, -0.2) is 5.11 Å². The lowest BCUT2D eigenvalue weighted by molar-refractivity contribution is 0.148. The minimum Gasteiger partial charge on any atom is -0.387 e. The Hall–Kier alpha value is -2.90. The Morgan fingerprint density at radius 1 is 0.731 bits per heavy atom. The van der Waals surface area contributed by atoms with Crippen molar-refractivity contribution in [2.24, 2.45) is 5.92 Å². The molecule has 0 fully saturated rings. The Morgan fingerprint density at radius 3 is 1.77 bits per heavy atom. The third-order valence-electron chi connectivity index (χ3n) is 5.01. The lowest BCUT2D eigenvalue weighted by Gasteiger charge is -2.23. The van der Waals surface area contributed by atoms with Crippen LogP contribution in [0.1, 0.15) is 29.2 Å². The minimum absolute atomic E-state index is 0.00666. The van der Waals surface area contributed by atoms with E-state index in [4.69, 9.17) is 0 Å². The summed E-state index contributed by atoms with van der Waals surface area (Å²) >= 11 is 0. The van der Waals surface area contributed by atoms with Crippen molar-refractivity contribution in [2.75, 3.05) is 0 Å².